The number of hydrogen-bond acceptors (Lipinski definition) is 3. The molecule has 1 atom stereocenters. The van der Waals surface area contributed by atoms with Gasteiger partial charge in [-0.3, -0.25) is 0 Å². The van der Waals surface area contributed by atoms with E-state index in [1.165, 1.54) is 12.8 Å². The second-order valence-corrected chi connectivity index (χ2v) is 3.71. The van der Waals surface area contributed by atoms with E-state index < -0.39 is 0 Å². The summed E-state index contributed by atoms with van der Waals surface area (Å²) in [4.78, 5) is 0. The molecule has 0 aromatic carbocycles. The van der Waals surface area contributed by atoms with Crippen molar-refractivity contribution in [3.05, 3.63) is 0 Å². The summed E-state index contributed by atoms with van der Waals surface area (Å²) in [6.07, 6.45) is 3.60. The van der Waals surface area contributed by atoms with Crippen molar-refractivity contribution in [3.63, 3.8) is 0 Å². The van der Waals surface area contributed by atoms with Crippen LogP contribution in [0.25, 0.3) is 0 Å². The minimum atomic E-state index is 0.250. The van der Waals surface area contributed by atoms with E-state index in [0.29, 0.717) is 12.5 Å². The second-order valence-electron chi connectivity index (χ2n) is 3.71. The fraction of sp³-hybridized carbons (Fsp3) is 1.00. The first-order chi connectivity index (χ1) is 5.86. The average Bonchev–Trinajstić information content (AvgIpc) is 2.16. The molecule has 1 heterocycles. The van der Waals surface area contributed by atoms with E-state index in [1.807, 2.05) is 0 Å². The van der Waals surface area contributed by atoms with E-state index in [-0.39, 0.29) is 6.61 Å². The summed E-state index contributed by atoms with van der Waals surface area (Å²) in [6, 6.07) is 0. The Kier molecular flexibility index (Phi) is 4.58. The van der Waals surface area contributed by atoms with Gasteiger partial charge < -0.3 is 16.2 Å². The Labute approximate surface area is 74.3 Å². The fourth-order valence-corrected chi connectivity index (χ4v) is 1.83. The largest absolute Gasteiger partial charge is 0.396 e. The van der Waals surface area contributed by atoms with E-state index >= 15 is 0 Å². The van der Waals surface area contributed by atoms with Crippen LogP contribution in [-0.2, 0) is 0 Å². The van der Waals surface area contributed by atoms with Crippen molar-refractivity contribution in [1.29, 1.82) is 0 Å². The molecule has 0 saturated carbocycles. The van der Waals surface area contributed by atoms with Gasteiger partial charge in [-0.2, -0.15) is 0 Å². The van der Waals surface area contributed by atoms with Crippen molar-refractivity contribution in [2.75, 3.05) is 26.2 Å². The third kappa shape index (κ3) is 3.09. The topological polar surface area (TPSA) is 58.3 Å². The Bertz CT molecular complexity index is 109. The molecule has 12 heavy (non-hydrogen) atoms. The molecule has 0 aromatic heterocycles. The van der Waals surface area contributed by atoms with Crippen LogP contribution in [0.2, 0.25) is 0 Å². The molecule has 0 amide bonds. The van der Waals surface area contributed by atoms with E-state index in [2.05, 4.69) is 5.32 Å². The molecule has 72 valence electrons. The van der Waals surface area contributed by atoms with Gasteiger partial charge in [0.15, 0.2) is 0 Å². The molecule has 3 heteroatoms. The van der Waals surface area contributed by atoms with Gasteiger partial charge in [0.05, 0.1) is 0 Å². The standard InChI is InChI=1S/C9H20N2O/c10-6-9(7-12)5-8-1-3-11-4-2-8/h8-9,11-12H,1-7,10H2. The SMILES string of the molecule is NCC(CO)CC1CCNCC1. The molecule has 4 N–H and O–H groups in total. The Balaban J connectivity index is 2.18. The van der Waals surface area contributed by atoms with Gasteiger partial charge in [-0.25, -0.2) is 0 Å². The summed E-state index contributed by atoms with van der Waals surface area (Å²) in [5.74, 6) is 1.11. The van der Waals surface area contributed by atoms with Gasteiger partial charge in [0.2, 0.25) is 0 Å². The number of piperidine rings is 1. The van der Waals surface area contributed by atoms with E-state index in [4.69, 9.17) is 10.8 Å². The van der Waals surface area contributed by atoms with Crippen LogP contribution >= 0.6 is 0 Å². The van der Waals surface area contributed by atoms with Gasteiger partial charge in [-0.05, 0) is 50.7 Å². The number of nitrogens with two attached hydrogens (primary N) is 1. The van der Waals surface area contributed by atoms with E-state index in [0.717, 1.165) is 25.4 Å². The first kappa shape index (κ1) is 9.96. The lowest BCUT2D eigenvalue weighted by Gasteiger charge is -2.25. The summed E-state index contributed by atoms with van der Waals surface area (Å²) >= 11 is 0. The predicted molar refractivity (Wildman–Crippen MR) is 49.8 cm³/mol. The number of rotatable bonds is 4. The monoisotopic (exact) mass is 172 g/mol. The minimum Gasteiger partial charge on any atom is -0.396 e. The summed E-state index contributed by atoms with van der Waals surface area (Å²) < 4.78 is 0. The zero-order chi connectivity index (χ0) is 8.81. The van der Waals surface area contributed by atoms with Gasteiger partial charge in [-0.15, -0.1) is 0 Å². The molecule has 3 nitrogen and oxygen atoms in total. The van der Waals surface area contributed by atoms with E-state index in [9.17, 15) is 0 Å². The molecule has 1 aliphatic rings. The Hall–Kier alpha value is -0.120. The summed E-state index contributed by atoms with van der Waals surface area (Å²) in [6.45, 7) is 3.14. The van der Waals surface area contributed by atoms with Crippen molar-refractivity contribution in [2.45, 2.75) is 19.3 Å². The van der Waals surface area contributed by atoms with Crippen LogP contribution in [0.3, 0.4) is 0 Å². The fourth-order valence-electron chi connectivity index (χ4n) is 1.83. The van der Waals surface area contributed by atoms with Gasteiger partial charge >= 0.3 is 0 Å². The molecular weight excluding hydrogens is 152 g/mol. The van der Waals surface area contributed by atoms with E-state index in [1.54, 1.807) is 0 Å². The predicted octanol–water partition coefficient (Wildman–Crippen LogP) is -0.0567. The first-order valence-corrected chi connectivity index (χ1v) is 4.88. The molecule has 1 aliphatic heterocycles. The Morgan fingerprint density at radius 1 is 1.42 bits per heavy atom. The van der Waals surface area contributed by atoms with Crippen molar-refractivity contribution in [1.82, 2.24) is 5.32 Å². The molecule has 1 unspecified atom stereocenters. The normalized spacial score (nSPS) is 22.5. The van der Waals surface area contributed by atoms with Crippen molar-refractivity contribution < 1.29 is 5.11 Å². The molecule has 1 fully saturated rings. The number of hydrogen-bond donors (Lipinski definition) is 3. The van der Waals surface area contributed by atoms with Crippen LogP contribution in [0.15, 0.2) is 0 Å². The average molecular weight is 172 g/mol. The van der Waals surface area contributed by atoms with Gasteiger partial charge in [-0.1, -0.05) is 0 Å². The first-order valence-electron chi connectivity index (χ1n) is 4.88. The molecule has 0 spiro atoms. The summed E-state index contributed by atoms with van der Waals surface area (Å²) in [5, 5.41) is 12.3. The maximum atomic E-state index is 8.96. The quantitative estimate of drug-likeness (QED) is 0.557. The summed E-state index contributed by atoms with van der Waals surface area (Å²) in [5.41, 5.74) is 5.52. The molecule has 0 aromatic rings. The number of nitrogens with one attached hydrogen (secondary N) is 1. The van der Waals surface area contributed by atoms with Crippen LogP contribution in [0.1, 0.15) is 19.3 Å². The van der Waals surface area contributed by atoms with Gasteiger partial charge in [0.25, 0.3) is 0 Å². The lowest BCUT2D eigenvalue weighted by Crippen LogP contribution is -2.30. The maximum Gasteiger partial charge on any atom is 0.0471 e. The van der Waals surface area contributed by atoms with Crippen LogP contribution in [0.5, 0.6) is 0 Å². The molecule has 0 radical (unpaired) electrons. The highest BCUT2D eigenvalue weighted by Gasteiger charge is 2.16. The highest BCUT2D eigenvalue weighted by Crippen LogP contribution is 2.20. The molecule has 0 bridgehead atoms. The molecule has 0 aliphatic carbocycles. The van der Waals surface area contributed by atoms with Crippen LogP contribution in [0, 0.1) is 11.8 Å². The highest BCUT2D eigenvalue weighted by molar-refractivity contribution is 4.72. The van der Waals surface area contributed by atoms with Gasteiger partial charge in [0.1, 0.15) is 0 Å². The maximum absolute atomic E-state index is 8.96. The van der Waals surface area contributed by atoms with Gasteiger partial charge in [0, 0.05) is 6.61 Å². The van der Waals surface area contributed by atoms with Crippen molar-refractivity contribution in [3.8, 4) is 0 Å². The number of aliphatic hydroxyl groups is 1. The lowest BCUT2D eigenvalue weighted by molar-refractivity contribution is 0.192. The minimum absolute atomic E-state index is 0.250. The Morgan fingerprint density at radius 2 is 2.08 bits per heavy atom. The third-order valence-corrected chi connectivity index (χ3v) is 2.72. The molecule has 1 rings (SSSR count). The molecular formula is C9H20N2O. The highest BCUT2D eigenvalue weighted by atomic mass is 16.3. The zero-order valence-corrected chi connectivity index (χ0v) is 7.63. The smallest absolute Gasteiger partial charge is 0.0471 e. The molecule has 1 saturated heterocycles. The zero-order valence-electron chi connectivity index (χ0n) is 7.63. The lowest BCUT2D eigenvalue weighted by atomic mass is 9.88. The summed E-state index contributed by atoms with van der Waals surface area (Å²) in [7, 11) is 0. The second kappa shape index (κ2) is 5.51. The van der Waals surface area contributed by atoms with Crippen molar-refractivity contribution in [2.24, 2.45) is 17.6 Å². The van der Waals surface area contributed by atoms with Crippen LogP contribution in [0.4, 0.5) is 0 Å². The number of aliphatic hydroxyl groups excluding tert-OH is 1. The van der Waals surface area contributed by atoms with Crippen molar-refractivity contribution >= 4 is 0 Å². The third-order valence-electron chi connectivity index (χ3n) is 2.72. The van der Waals surface area contributed by atoms with Crippen LogP contribution < -0.4 is 11.1 Å². The van der Waals surface area contributed by atoms with Crippen LogP contribution in [-0.4, -0.2) is 31.3 Å². The Morgan fingerprint density at radius 3 is 2.58 bits per heavy atom.